The number of hydrogen-bond acceptors (Lipinski definition) is 3. The van der Waals surface area contributed by atoms with E-state index in [-0.39, 0.29) is 5.91 Å². The predicted octanol–water partition coefficient (Wildman–Crippen LogP) is 0.177. The van der Waals surface area contributed by atoms with E-state index in [2.05, 4.69) is 5.32 Å². The smallest absolute Gasteiger partial charge is 0.248 e. The van der Waals surface area contributed by atoms with E-state index >= 15 is 0 Å². The Labute approximate surface area is 72.2 Å². The molecule has 0 spiro atoms. The van der Waals surface area contributed by atoms with E-state index in [0.717, 1.165) is 0 Å². The van der Waals surface area contributed by atoms with Gasteiger partial charge < -0.3 is 10.4 Å². The molecular weight excluding hydrogens is 156 g/mol. The van der Waals surface area contributed by atoms with Crippen molar-refractivity contribution in [1.82, 2.24) is 5.32 Å². The summed E-state index contributed by atoms with van der Waals surface area (Å²) in [5.41, 5.74) is 0. The monoisotopic (exact) mass is 170 g/mol. The minimum atomic E-state index is -0.960. The van der Waals surface area contributed by atoms with Gasteiger partial charge in [0, 0.05) is 13.0 Å². The van der Waals surface area contributed by atoms with Gasteiger partial charge >= 0.3 is 0 Å². The van der Waals surface area contributed by atoms with Crippen LogP contribution in [-0.2, 0) is 4.79 Å². The first-order valence-corrected chi connectivity index (χ1v) is 4.05. The summed E-state index contributed by atoms with van der Waals surface area (Å²) in [7, 11) is 0. The number of likely N-dealkylation sites (N-methyl/N-ethyl adjacent to an activating group) is 1. The normalized spacial score (nSPS) is 11.8. The van der Waals surface area contributed by atoms with Crippen LogP contribution in [0.2, 0.25) is 0 Å². The molecule has 0 aliphatic heterocycles. The van der Waals surface area contributed by atoms with Gasteiger partial charge in [-0.05, 0) is 19.8 Å². The van der Waals surface area contributed by atoms with Crippen molar-refractivity contribution in [3.8, 4) is 6.07 Å². The fourth-order valence-electron chi connectivity index (χ4n) is 0.798. The molecule has 1 amide bonds. The number of unbranched alkanes of at least 4 members (excludes halogenated alkanes) is 1. The maximum atomic E-state index is 10.9. The first kappa shape index (κ1) is 10.9. The molecule has 4 heteroatoms. The quantitative estimate of drug-likeness (QED) is 0.578. The number of aliphatic hydroxyl groups is 1. The highest BCUT2D eigenvalue weighted by atomic mass is 16.3. The van der Waals surface area contributed by atoms with Gasteiger partial charge in [-0.2, -0.15) is 5.26 Å². The number of carbonyl (C=O) groups excluding carboxylic acids is 1. The molecule has 0 heterocycles. The van der Waals surface area contributed by atoms with E-state index in [9.17, 15) is 4.79 Å². The van der Waals surface area contributed by atoms with Gasteiger partial charge in [0.25, 0.3) is 0 Å². The number of nitrogens with one attached hydrogen (secondary N) is 1. The van der Waals surface area contributed by atoms with Gasteiger partial charge in [-0.3, -0.25) is 4.79 Å². The molecule has 0 aromatic carbocycles. The van der Waals surface area contributed by atoms with Crippen molar-refractivity contribution in [3.05, 3.63) is 0 Å². The van der Waals surface area contributed by atoms with Crippen LogP contribution in [0.25, 0.3) is 0 Å². The lowest BCUT2D eigenvalue weighted by Gasteiger charge is -2.08. The second-order valence-corrected chi connectivity index (χ2v) is 2.46. The second-order valence-electron chi connectivity index (χ2n) is 2.46. The summed E-state index contributed by atoms with van der Waals surface area (Å²) in [6, 6.07) is 1.95. The van der Waals surface area contributed by atoms with E-state index in [1.54, 1.807) is 6.92 Å². The van der Waals surface area contributed by atoms with E-state index < -0.39 is 6.10 Å². The Hall–Kier alpha value is -1.08. The van der Waals surface area contributed by atoms with Crippen LogP contribution < -0.4 is 5.32 Å². The first-order valence-electron chi connectivity index (χ1n) is 4.05. The van der Waals surface area contributed by atoms with Crippen LogP contribution in [-0.4, -0.2) is 23.7 Å². The summed E-state index contributed by atoms with van der Waals surface area (Å²) in [4.78, 5) is 10.9. The Balaban J connectivity index is 3.51. The van der Waals surface area contributed by atoms with Gasteiger partial charge in [0.1, 0.15) is 6.10 Å². The lowest BCUT2D eigenvalue weighted by atomic mass is 10.1. The Morgan fingerprint density at radius 2 is 2.42 bits per heavy atom. The van der Waals surface area contributed by atoms with Crippen molar-refractivity contribution in [2.75, 3.05) is 6.54 Å². The van der Waals surface area contributed by atoms with Crippen LogP contribution in [0.3, 0.4) is 0 Å². The molecule has 0 saturated carbocycles. The Morgan fingerprint density at radius 3 is 2.92 bits per heavy atom. The Kier molecular flexibility index (Phi) is 6.02. The number of rotatable bonds is 5. The molecule has 2 N–H and O–H groups in total. The minimum absolute atomic E-state index is 0.351. The molecule has 1 unspecified atom stereocenters. The van der Waals surface area contributed by atoms with Crippen LogP contribution in [0.4, 0.5) is 0 Å². The SMILES string of the molecule is CCNC(=O)C(O)CCCC#N. The summed E-state index contributed by atoms with van der Waals surface area (Å²) in [6.07, 6.45) is 0.350. The lowest BCUT2D eigenvalue weighted by Crippen LogP contribution is -2.34. The van der Waals surface area contributed by atoms with Crippen molar-refractivity contribution in [1.29, 1.82) is 5.26 Å². The number of nitrogens with zero attached hydrogens (tertiary/aromatic N) is 1. The van der Waals surface area contributed by atoms with Gasteiger partial charge in [0.2, 0.25) is 5.91 Å². The van der Waals surface area contributed by atoms with Gasteiger partial charge in [0.15, 0.2) is 0 Å². The molecule has 0 aromatic heterocycles. The molecule has 0 rings (SSSR count). The molecule has 0 bridgehead atoms. The lowest BCUT2D eigenvalue weighted by molar-refractivity contribution is -0.129. The summed E-state index contributed by atoms with van der Waals surface area (Å²) in [5.74, 6) is -0.351. The van der Waals surface area contributed by atoms with Crippen LogP contribution >= 0.6 is 0 Å². The molecule has 0 aliphatic carbocycles. The molecule has 1 atom stereocenters. The third kappa shape index (κ3) is 4.69. The van der Waals surface area contributed by atoms with E-state index in [1.165, 1.54) is 0 Å². The number of hydrogen-bond donors (Lipinski definition) is 2. The van der Waals surface area contributed by atoms with Crippen molar-refractivity contribution in [2.24, 2.45) is 0 Å². The maximum Gasteiger partial charge on any atom is 0.248 e. The third-order valence-corrected chi connectivity index (χ3v) is 1.42. The summed E-state index contributed by atoms with van der Waals surface area (Å²) < 4.78 is 0. The largest absolute Gasteiger partial charge is 0.383 e. The van der Waals surface area contributed by atoms with Gasteiger partial charge in [-0.1, -0.05) is 0 Å². The molecule has 0 saturated heterocycles. The molecule has 0 aliphatic rings. The summed E-state index contributed by atoms with van der Waals surface area (Å²) in [5, 5.41) is 19.8. The zero-order chi connectivity index (χ0) is 9.40. The van der Waals surface area contributed by atoms with Crippen molar-refractivity contribution in [2.45, 2.75) is 32.3 Å². The van der Waals surface area contributed by atoms with E-state index in [0.29, 0.717) is 25.8 Å². The molecule has 68 valence electrons. The highest BCUT2D eigenvalue weighted by Crippen LogP contribution is 1.99. The average molecular weight is 170 g/mol. The van der Waals surface area contributed by atoms with Crippen molar-refractivity contribution < 1.29 is 9.90 Å². The molecule has 0 radical (unpaired) electrons. The van der Waals surface area contributed by atoms with Gasteiger partial charge in [0.05, 0.1) is 6.07 Å². The number of nitriles is 1. The Morgan fingerprint density at radius 1 is 1.75 bits per heavy atom. The van der Waals surface area contributed by atoms with Crippen LogP contribution in [0.1, 0.15) is 26.2 Å². The van der Waals surface area contributed by atoms with E-state index in [1.807, 2.05) is 6.07 Å². The first-order chi connectivity index (χ1) is 5.72. The van der Waals surface area contributed by atoms with Gasteiger partial charge in [-0.15, -0.1) is 0 Å². The topological polar surface area (TPSA) is 73.1 Å². The molecule has 12 heavy (non-hydrogen) atoms. The Bertz CT molecular complexity index is 174. The fraction of sp³-hybridized carbons (Fsp3) is 0.750. The summed E-state index contributed by atoms with van der Waals surface area (Å²) in [6.45, 7) is 2.31. The minimum Gasteiger partial charge on any atom is -0.383 e. The molecular formula is C8H14N2O2. The average Bonchev–Trinajstić information content (AvgIpc) is 2.05. The second kappa shape index (κ2) is 6.62. The summed E-state index contributed by atoms with van der Waals surface area (Å²) >= 11 is 0. The standard InChI is InChI=1S/C8H14N2O2/c1-2-10-8(12)7(11)5-3-4-6-9/h7,11H,2-5H2,1H3,(H,10,12). The van der Waals surface area contributed by atoms with Crippen LogP contribution in [0, 0.1) is 11.3 Å². The fourth-order valence-corrected chi connectivity index (χ4v) is 0.798. The molecule has 0 fully saturated rings. The zero-order valence-electron chi connectivity index (χ0n) is 7.21. The van der Waals surface area contributed by atoms with E-state index in [4.69, 9.17) is 10.4 Å². The van der Waals surface area contributed by atoms with Crippen LogP contribution in [0.15, 0.2) is 0 Å². The number of carbonyl (C=O) groups is 1. The van der Waals surface area contributed by atoms with Gasteiger partial charge in [-0.25, -0.2) is 0 Å². The predicted molar refractivity (Wildman–Crippen MR) is 44.2 cm³/mol. The zero-order valence-corrected chi connectivity index (χ0v) is 7.21. The third-order valence-electron chi connectivity index (χ3n) is 1.42. The highest BCUT2D eigenvalue weighted by Gasteiger charge is 2.12. The molecule has 4 nitrogen and oxygen atoms in total. The molecule has 0 aromatic rings. The van der Waals surface area contributed by atoms with Crippen LogP contribution in [0.5, 0.6) is 0 Å². The highest BCUT2D eigenvalue weighted by molar-refractivity contribution is 5.80. The number of aliphatic hydroxyl groups excluding tert-OH is 1. The van der Waals surface area contributed by atoms with Crippen molar-refractivity contribution in [3.63, 3.8) is 0 Å². The van der Waals surface area contributed by atoms with Crippen molar-refractivity contribution >= 4 is 5.91 Å². The number of amides is 1. The maximum absolute atomic E-state index is 10.9.